The van der Waals surface area contributed by atoms with Crippen molar-refractivity contribution in [1.82, 2.24) is 0 Å². The van der Waals surface area contributed by atoms with Crippen LogP contribution in [0.15, 0.2) is 72.9 Å². The maximum atomic E-state index is 12.5. The van der Waals surface area contributed by atoms with Crippen LogP contribution in [0.3, 0.4) is 0 Å². The molecule has 0 spiro atoms. The molecule has 0 aliphatic carbocycles. The number of rotatable bonds is 35. The molecule has 0 N–H and O–H groups in total. The molecule has 290 valence electrons. The molecule has 0 saturated heterocycles. The zero-order chi connectivity index (χ0) is 37.3. The summed E-state index contributed by atoms with van der Waals surface area (Å²) in [6.45, 7) is 6.33. The van der Waals surface area contributed by atoms with E-state index in [1.165, 1.54) is 51.4 Å². The molecule has 0 aliphatic rings. The van der Waals surface area contributed by atoms with Crippen molar-refractivity contribution in [2.45, 2.75) is 181 Å². The highest BCUT2D eigenvalue weighted by molar-refractivity contribution is 5.71. The minimum absolute atomic E-state index is 0.0987. The monoisotopic (exact) mass is 711 g/mol. The van der Waals surface area contributed by atoms with E-state index in [1.54, 1.807) is 0 Å². The fourth-order valence-electron chi connectivity index (χ4n) is 5.17. The van der Waals surface area contributed by atoms with Crippen LogP contribution in [-0.4, -0.2) is 37.2 Å². The van der Waals surface area contributed by atoms with Gasteiger partial charge in [-0.25, -0.2) is 0 Å². The van der Waals surface area contributed by atoms with Crippen LogP contribution in [-0.2, 0) is 28.6 Å². The van der Waals surface area contributed by atoms with E-state index in [0.717, 1.165) is 77.0 Å². The third-order valence-electron chi connectivity index (χ3n) is 8.24. The molecule has 0 heterocycles. The molecule has 0 aromatic heterocycles. The van der Waals surface area contributed by atoms with Crippen LogP contribution in [0.25, 0.3) is 0 Å². The van der Waals surface area contributed by atoms with Crippen molar-refractivity contribution >= 4 is 17.9 Å². The number of esters is 3. The predicted octanol–water partition coefficient (Wildman–Crippen LogP) is 12.7. The lowest BCUT2D eigenvalue weighted by Gasteiger charge is -2.18. The normalized spacial score (nSPS) is 12.8. The van der Waals surface area contributed by atoms with Crippen molar-refractivity contribution in [3.8, 4) is 0 Å². The number of unbranched alkanes of at least 4 members (excludes halogenated alkanes) is 12. The molecule has 0 rings (SSSR count). The Balaban J connectivity index is 4.38. The Morgan fingerprint density at radius 1 is 0.412 bits per heavy atom. The molecule has 0 radical (unpaired) electrons. The molecule has 0 aromatic carbocycles. The van der Waals surface area contributed by atoms with Gasteiger partial charge in [-0.15, -0.1) is 0 Å². The van der Waals surface area contributed by atoms with Gasteiger partial charge in [-0.1, -0.05) is 171 Å². The van der Waals surface area contributed by atoms with Crippen LogP contribution in [0.1, 0.15) is 175 Å². The van der Waals surface area contributed by atoms with Gasteiger partial charge in [0.25, 0.3) is 0 Å². The Morgan fingerprint density at radius 2 is 0.765 bits per heavy atom. The van der Waals surface area contributed by atoms with Crippen molar-refractivity contribution < 1.29 is 28.6 Å². The SMILES string of the molecule is CC/C=C\C/C=C\C/C=C\C/C=C\C/C=C\C/C=C\CCC(=O)OCC(COC(=O)CCCCCCCCC)OC(=O)CCCCCCCCC. The largest absolute Gasteiger partial charge is 0.462 e. The van der Waals surface area contributed by atoms with Gasteiger partial charge in [0.05, 0.1) is 0 Å². The smallest absolute Gasteiger partial charge is 0.306 e. The van der Waals surface area contributed by atoms with Gasteiger partial charge in [0.2, 0.25) is 0 Å². The van der Waals surface area contributed by atoms with Crippen LogP contribution in [0.4, 0.5) is 0 Å². The summed E-state index contributed by atoms with van der Waals surface area (Å²) in [4.78, 5) is 37.3. The molecular formula is C45H74O6. The van der Waals surface area contributed by atoms with E-state index in [2.05, 4.69) is 81.5 Å². The van der Waals surface area contributed by atoms with E-state index in [0.29, 0.717) is 19.3 Å². The summed E-state index contributed by atoms with van der Waals surface area (Å²) in [6, 6.07) is 0. The number of ether oxygens (including phenoxy) is 3. The number of carbonyl (C=O) groups is 3. The lowest BCUT2D eigenvalue weighted by molar-refractivity contribution is -0.166. The fourth-order valence-corrected chi connectivity index (χ4v) is 5.17. The van der Waals surface area contributed by atoms with Crippen LogP contribution >= 0.6 is 0 Å². The second-order valence-corrected chi connectivity index (χ2v) is 13.2. The van der Waals surface area contributed by atoms with E-state index in [1.807, 2.05) is 12.2 Å². The fraction of sp³-hybridized carbons (Fsp3) is 0.667. The molecule has 0 amide bonds. The average Bonchev–Trinajstić information content (AvgIpc) is 3.12. The number of hydrogen-bond donors (Lipinski definition) is 0. The first-order valence-corrected chi connectivity index (χ1v) is 20.4. The maximum absolute atomic E-state index is 12.5. The topological polar surface area (TPSA) is 78.9 Å². The Kier molecular flexibility index (Phi) is 37.2. The molecule has 0 saturated carbocycles. The first kappa shape index (κ1) is 47.8. The van der Waals surface area contributed by atoms with Crippen molar-refractivity contribution in [2.24, 2.45) is 0 Å². The van der Waals surface area contributed by atoms with Crippen LogP contribution in [0, 0.1) is 0 Å². The lowest BCUT2D eigenvalue weighted by Crippen LogP contribution is -2.30. The van der Waals surface area contributed by atoms with E-state index in [9.17, 15) is 14.4 Å². The van der Waals surface area contributed by atoms with Gasteiger partial charge in [0.1, 0.15) is 13.2 Å². The van der Waals surface area contributed by atoms with Crippen LogP contribution in [0.2, 0.25) is 0 Å². The predicted molar refractivity (Wildman–Crippen MR) is 214 cm³/mol. The Morgan fingerprint density at radius 3 is 1.20 bits per heavy atom. The highest BCUT2D eigenvalue weighted by Gasteiger charge is 2.19. The highest BCUT2D eigenvalue weighted by Crippen LogP contribution is 2.12. The molecular weight excluding hydrogens is 636 g/mol. The minimum atomic E-state index is -0.796. The average molecular weight is 711 g/mol. The summed E-state index contributed by atoms with van der Waals surface area (Å²) in [7, 11) is 0. The quantitative estimate of drug-likeness (QED) is 0.0282. The summed E-state index contributed by atoms with van der Waals surface area (Å²) in [5.41, 5.74) is 0. The summed E-state index contributed by atoms with van der Waals surface area (Å²) >= 11 is 0. The Labute approximate surface area is 312 Å². The van der Waals surface area contributed by atoms with Crippen molar-refractivity contribution in [3.05, 3.63) is 72.9 Å². The standard InChI is InChI=1S/C45H74O6/c1-4-7-10-13-16-17-18-19-20-21-22-23-24-25-26-27-30-32-35-38-44(47)50-41-42(51-45(48)39-36-33-29-15-12-9-6-3)40-49-43(46)37-34-31-28-14-11-8-5-2/h7,10,16-17,19-20,22-23,25-26,30,32,42H,4-6,8-9,11-15,18,21,24,27-29,31,33-41H2,1-3H3/b10-7-,17-16-,20-19-,23-22-,26-25-,32-30-. The second-order valence-electron chi connectivity index (χ2n) is 13.2. The van der Waals surface area contributed by atoms with Crippen molar-refractivity contribution in [3.63, 3.8) is 0 Å². The number of allylic oxidation sites excluding steroid dienone is 12. The van der Waals surface area contributed by atoms with Gasteiger partial charge in [-0.3, -0.25) is 14.4 Å². The molecule has 6 heteroatoms. The van der Waals surface area contributed by atoms with Gasteiger partial charge in [0, 0.05) is 19.3 Å². The molecule has 0 bridgehead atoms. The van der Waals surface area contributed by atoms with E-state index in [-0.39, 0.29) is 37.5 Å². The first-order valence-electron chi connectivity index (χ1n) is 20.4. The minimum Gasteiger partial charge on any atom is -0.462 e. The lowest BCUT2D eigenvalue weighted by atomic mass is 10.1. The molecule has 1 atom stereocenters. The Hall–Kier alpha value is -3.15. The zero-order valence-corrected chi connectivity index (χ0v) is 32.8. The van der Waals surface area contributed by atoms with E-state index < -0.39 is 6.10 Å². The van der Waals surface area contributed by atoms with Crippen LogP contribution in [0.5, 0.6) is 0 Å². The van der Waals surface area contributed by atoms with E-state index >= 15 is 0 Å². The molecule has 51 heavy (non-hydrogen) atoms. The summed E-state index contributed by atoms with van der Waals surface area (Å²) in [5.74, 6) is -1.01. The summed E-state index contributed by atoms with van der Waals surface area (Å²) in [6.07, 6.45) is 47.8. The van der Waals surface area contributed by atoms with E-state index in [4.69, 9.17) is 14.2 Å². The van der Waals surface area contributed by atoms with Gasteiger partial charge in [-0.2, -0.15) is 0 Å². The number of hydrogen-bond acceptors (Lipinski definition) is 6. The van der Waals surface area contributed by atoms with Crippen molar-refractivity contribution in [2.75, 3.05) is 13.2 Å². The van der Waals surface area contributed by atoms with Crippen LogP contribution < -0.4 is 0 Å². The van der Waals surface area contributed by atoms with Gasteiger partial charge in [0.15, 0.2) is 6.10 Å². The van der Waals surface area contributed by atoms with Crippen molar-refractivity contribution in [1.29, 1.82) is 0 Å². The third kappa shape index (κ3) is 37.9. The highest BCUT2D eigenvalue weighted by atomic mass is 16.6. The first-order chi connectivity index (χ1) is 25.0. The number of carbonyl (C=O) groups excluding carboxylic acids is 3. The second kappa shape index (κ2) is 39.6. The summed E-state index contributed by atoms with van der Waals surface area (Å²) < 4.78 is 16.5. The molecule has 0 aliphatic heterocycles. The molecule has 0 aromatic rings. The van der Waals surface area contributed by atoms with Gasteiger partial charge in [-0.05, 0) is 57.8 Å². The summed E-state index contributed by atoms with van der Waals surface area (Å²) in [5, 5.41) is 0. The molecule has 0 fully saturated rings. The third-order valence-corrected chi connectivity index (χ3v) is 8.24. The maximum Gasteiger partial charge on any atom is 0.306 e. The van der Waals surface area contributed by atoms with Gasteiger partial charge < -0.3 is 14.2 Å². The molecule has 6 nitrogen and oxygen atoms in total. The zero-order valence-electron chi connectivity index (χ0n) is 32.8. The Bertz CT molecular complexity index is 1000. The molecule has 1 unspecified atom stereocenters. The van der Waals surface area contributed by atoms with Gasteiger partial charge >= 0.3 is 17.9 Å².